The molecule has 0 N–H and O–H groups in total. The van der Waals surface area contributed by atoms with Crippen LogP contribution in [0, 0.1) is 0 Å². The summed E-state index contributed by atoms with van der Waals surface area (Å²) in [7, 11) is 0. The molecule has 230 valence electrons. The summed E-state index contributed by atoms with van der Waals surface area (Å²) in [6, 6.07) is 62.6. The van der Waals surface area contributed by atoms with Gasteiger partial charge in [-0.05, 0) is 111 Å². The fourth-order valence-corrected chi connectivity index (χ4v) is 8.43. The molecule has 0 unspecified atom stereocenters. The third kappa shape index (κ3) is 4.17. The maximum Gasteiger partial charge on any atom is 0.0465 e. The lowest BCUT2D eigenvalue weighted by Gasteiger charge is -2.29. The highest BCUT2D eigenvalue weighted by Crippen LogP contribution is 2.53. The molecule has 0 amide bonds. The lowest BCUT2D eigenvalue weighted by molar-refractivity contribution is 0.660. The molecule has 2 aliphatic carbocycles. The van der Waals surface area contributed by atoms with Crippen LogP contribution in [0.4, 0.5) is 17.1 Å². The van der Waals surface area contributed by atoms with E-state index in [9.17, 15) is 0 Å². The van der Waals surface area contributed by atoms with Crippen molar-refractivity contribution in [1.29, 1.82) is 0 Å². The van der Waals surface area contributed by atoms with Crippen molar-refractivity contribution in [3.8, 4) is 33.4 Å². The van der Waals surface area contributed by atoms with Gasteiger partial charge < -0.3 is 4.90 Å². The van der Waals surface area contributed by atoms with Crippen molar-refractivity contribution < 1.29 is 0 Å². The number of hydrogen-bond acceptors (Lipinski definition) is 1. The van der Waals surface area contributed by atoms with E-state index >= 15 is 0 Å². The lowest BCUT2D eigenvalue weighted by atomic mass is 9.74. The number of hydrogen-bond donors (Lipinski definition) is 0. The molecule has 0 aromatic heterocycles. The fraction of sp³-hybridized carbons (Fsp3) is 0.106. The monoisotopic (exact) mass is 615 g/mol. The smallest absolute Gasteiger partial charge is 0.0465 e. The Balaban J connectivity index is 1.11. The maximum atomic E-state index is 2.40. The van der Waals surface area contributed by atoms with Crippen molar-refractivity contribution >= 4 is 17.1 Å². The maximum absolute atomic E-state index is 2.40. The van der Waals surface area contributed by atoms with E-state index in [-0.39, 0.29) is 10.8 Å². The summed E-state index contributed by atoms with van der Waals surface area (Å²) in [6.45, 7) is 7.08. The van der Waals surface area contributed by atoms with Gasteiger partial charge in [0.25, 0.3) is 0 Å². The quantitative estimate of drug-likeness (QED) is 0.186. The molecule has 1 nitrogen and oxygen atoms in total. The van der Waals surface area contributed by atoms with E-state index in [1.54, 1.807) is 0 Å². The van der Waals surface area contributed by atoms with Crippen LogP contribution in [0.5, 0.6) is 0 Å². The van der Waals surface area contributed by atoms with E-state index in [0.29, 0.717) is 0 Å². The van der Waals surface area contributed by atoms with Crippen LogP contribution in [0.2, 0.25) is 0 Å². The highest BCUT2D eigenvalue weighted by atomic mass is 15.1. The minimum absolute atomic E-state index is 0.0594. The number of para-hydroxylation sites is 1. The molecule has 9 rings (SSSR count). The Hall–Kier alpha value is -5.66. The van der Waals surface area contributed by atoms with E-state index in [4.69, 9.17) is 0 Å². The van der Waals surface area contributed by atoms with E-state index in [1.807, 2.05) is 0 Å². The van der Waals surface area contributed by atoms with Gasteiger partial charge in [-0.1, -0.05) is 141 Å². The van der Waals surface area contributed by atoms with Crippen molar-refractivity contribution in [2.24, 2.45) is 0 Å². The Morgan fingerprint density at radius 3 is 1.54 bits per heavy atom. The van der Waals surface area contributed by atoms with Crippen LogP contribution in [0.1, 0.15) is 48.6 Å². The topological polar surface area (TPSA) is 3.24 Å². The predicted octanol–water partition coefficient (Wildman–Crippen LogP) is 12.5. The summed E-state index contributed by atoms with van der Waals surface area (Å²) in [6.07, 6.45) is 0. The largest absolute Gasteiger partial charge is 0.310 e. The first-order valence-electron chi connectivity index (χ1n) is 16.9. The Morgan fingerprint density at radius 1 is 0.354 bits per heavy atom. The third-order valence-electron chi connectivity index (χ3n) is 11.0. The third-order valence-corrected chi connectivity index (χ3v) is 11.0. The standard InChI is InChI=1S/C47H37N/c1-46(2)42-21-10-7-18-38(42)41-29-28-37(31-45(41)46)48(35-16-5-4-6-17-35)36-26-24-32(25-27-36)33-14-13-15-34(30-33)47(3)43-22-11-8-19-39(43)40-20-9-12-23-44(40)47/h4-31H,1-3H3. The van der Waals surface area contributed by atoms with Gasteiger partial charge >= 0.3 is 0 Å². The van der Waals surface area contributed by atoms with Gasteiger partial charge in [0.1, 0.15) is 0 Å². The van der Waals surface area contributed by atoms with Crippen molar-refractivity contribution in [1.82, 2.24) is 0 Å². The van der Waals surface area contributed by atoms with Crippen molar-refractivity contribution in [2.75, 3.05) is 4.90 Å². The number of anilines is 3. The first-order chi connectivity index (χ1) is 23.4. The van der Waals surface area contributed by atoms with Gasteiger partial charge in [0.15, 0.2) is 0 Å². The highest BCUT2D eigenvalue weighted by molar-refractivity contribution is 5.87. The number of fused-ring (bicyclic) bond motifs is 6. The normalized spacial score (nSPS) is 14.5. The lowest BCUT2D eigenvalue weighted by Crippen LogP contribution is -2.22. The van der Waals surface area contributed by atoms with Crippen molar-refractivity contribution in [3.05, 3.63) is 198 Å². The minimum atomic E-state index is -0.214. The SMILES string of the molecule is CC1(C)c2ccccc2-c2ccc(N(c3ccccc3)c3ccc(-c4cccc(C5(C)c6ccccc6-c6ccccc65)c4)cc3)cc21. The van der Waals surface area contributed by atoms with Gasteiger partial charge in [-0.3, -0.25) is 0 Å². The molecule has 0 saturated carbocycles. The number of benzene rings is 7. The van der Waals surface area contributed by atoms with Crippen LogP contribution in [-0.4, -0.2) is 0 Å². The second kappa shape index (κ2) is 10.7. The van der Waals surface area contributed by atoms with Crippen LogP contribution in [0.25, 0.3) is 33.4 Å². The average molecular weight is 616 g/mol. The zero-order chi connectivity index (χ0) is 32.5. The van der Waals surface area contributed by atoms with Gasteiger partial charge in [-0.2, -0.15) is 0 Å². The van der Waals surface area contributed by atoms with Gasteiger partial charge in [-0.25, -0.2) is 0 Å². The molecule has 0 radical (unpaired) electrons. The second-order valence-electron chi connectivity index (χ2n) is 13.9. The van der Waals surface area contributed by atoms with Crippen LogP contribution in [0.3, 0.4) is 0 Å². The van der Waals surface area contributed by atoms with Crippen LogP contribution < -0.4 is 4.90 Å². The van der Waals surface area contributed by atoms with Crippen molar-refractivity contribution in [2.45, 2.75) is 31.6 Å². The van der Waals surface area contributed by atoms with E-state index in [1.165, 1.54) is 66.9 Å². The zero-order valence-electron chi connectivity index (χ0n) is 27.6. The average Bonchev–Trinajstić information content (AvgIpc) is 3.54. The molecule has 0 bridgehead atoms. The summed E-state index contributed by atoms with van der Waals surface area (Å²) in [5, 5.41) is 0. The summed E-state index contributed by atoms with van der Waals surface area (Å²) in [5.41, 5.74) is 17.8. The van der Waals surface area contributed by atoms with E-state index in [0.717, 1.165) is 11.4 Å². The van der Waals surface area contributed by atoms with E-state index < -0.39 is 0 Å². The number of rotatable bonds is 5. The molecule has 1 heteroatoms. The Morgan fingerprint density at radius 2 is 0.875 bits per heavy atom. The Bertz CT molecular complexity index is 2280. The van der Waals surface area contributed by atoms with Gasteiger partial charge in [0, 0.05) is 27.9 Å². The summed E-state index contributed by atoms with van der Waals surface area (Å²) in [4.78, 5) is 2.38. The van der Waals surface area contributed by atoms with E-state index in [2.05, 4.69) is 196 Å². The molecule has 0 spiro atoms. The van der Waals surface area contributed by atoms with Crippen LogP contribution in [-0.2, 0) is 10.8 Å². The molecule has 0 aliphatic heterocycles. The highest BCUT2D eigenvalue weighted by Gasteiger charge is 2.40. The number of nitrogens with zero attached hydrogens (tertiary/aromatic N) is 1. The molecule has 0 heterocycles. The first kappa shape index (κ1) is 28.6. The van der Waals surface area contributed by atoms with Gasteiger partial charge in [-0.15, -0.1) is 0 Å². The summed E-state index contributed by atoms with van der Waals surface area (Å²) >= 11 is 0. The molecular weight excluding hydrogens is 579 g/mol. The predicted molar refractivity (Wildman–Crippen MR) is 202 cm³/mol. The minimum Gasteiger partial charge on any atom is -0.310 e. The fourth-order valence-electron chi connectivity index (χ4n) is 8.43. The molecule has 0 atom stereocenters. The summed E-state index contributed by atoms with van der Waals surface area (Å²) in [5.74, 6) is 0. The first-order valence-corrected chi connectivity index (χ1v) is 16.9. The molecule has 2 aliphatic rings. The second-order valence-corrected chi connectivity index (χ2v) is 13.9. The van der Waals surface area contributed by atoms with Crippen LogP contribution in [0.15, 0.2) is 170 Å². The molecule has 7 aromatic carbocycles. The molecule has 0 saturated heterocycles. The zero-order valence-corrected chi connectivity index (χ0v) is 27.6. The summed E-state index contributed by atoms with van der Waals surface area (Å²) < 4.78 is 0. The van der Waals surface area contributed by atoms with Gasteiger partial charge in [0.2, 0.25) is 0 Å². The van der Waals surface area contributed by atoms with Gasteiger partial charge in [0.05, 0.1) is 0 Å². The molecule has 48 heavy (non-hydrogen) atoms. The van der Waals surface area contributed by atoms with Crippen LogP contribution >= 0.6 is 0 Å². The van der Waals surface area contributed by atoms with Crippen molar-refractivity contribution in [3.63, 3.8) is 0 Å². The molecular formula is C47H37N. The Kier molecular flexibility index (Phi) is 6.36. The Labute approximate surface area is 283 Å². The molecule has 0 fully saturated rings. The molecule has 7 aromatic rings.